The molecule has 0 heterocycles. The van der Waals surface area contributed by atoms with E-state index in [4.69, 9.17) is 10.5 Å². The van der Waals surface area contributed by atoms with Crippen LogP contribution in [0.15, 0.2) is 36.2 Å². The first-order valence-electron chi connectivity index (χ1n) is 4.89. The third-order valence-electron chi connectivity index (χ3n) is 2.10. The summed E-state index contributed by atoms with van der Waals surface area (Å²) in [5, 5.41) is 0. The van der Waals surface area contributed by atoms with Gasteiger partial charge in [-0.3, -0.25) is 4.79 Å². The number of carbonyl (C=O) groups is 1. The van der Waals surface area contributed by atoms with Crippen LogP contribution in [0, 0.1) is 0 Å². The van der Waals surface area contributed by atoms with Crippen LogP contribution in [0.1, 0.15) is 17.3 Å². The van der Waals surface area contributed by atoms with Crippen LogP contribution in [0.25, 0.3) is 0 Å². The SMILES string of the molecule is CC(=O)c1ccc(OC/C(=C/F)CN)cc1. The van der Waals surface area contributed by atoms with Crippen molar-refractivity contribution in [2.24, 2.45) is 5.73 Å². The number of hydrogen-bond donors (Lipinski definition) is 1. The van der Waals surface area contributed by atoms with E-state index in [9.17, 15) is 9.18 Å². The lowest BCUT2D eigenvalue weighted by molar-refractivity contribution is 0.101. The standard InChI is InChI=1S/C12H14FNO2/c1-9(15)11-2-4-12(5-3-11)16-8-10(6-13)7-14/h2-6H,7-8,14H2,1H3/b10-6+. The zero-order valence-corrected chi connectivity index (χ0v) is 9.07. The quantitative estimate of drug-likeness (QED) is 0.777. The fraction of sp³-hybridized carbons (Fsp3) is 0.250. The molecular weight excluding hydrogens is 209 g/mol. The molecule has 0 radical (unpaired) electrons. The molecule has 0 fully saturated rings. The van der Waals surface area contributed by atoms with Crippen LogP contribution in [0.4, 0.5) is 4.39 Å². The molecule has 0 aliphatic carbocycles. The van der Waals surface area contributed by atoms with Gasteiger partial charge in [-0.1, -0.05) is 0 Å². The number of benzene rings is 1. The number of ether oxygens (including phenoxy) is 1. The van der Waals surface area contributed by atoms with Crippen LogP contribution in [0.2, 0.25) is 0 Å². The number of carbonyl (C=O) groups excluding carboxylic acids is 1. The zero-order chi connectivity index (χ0) is 12.0. The Morgan fingerprint density at radius 3 is 2.50 bits per heavy atom. The van der Waals surface area contributed by atoms with Gasteiger partial charge in [-0.2, -0.15) is 0 Å². The van der Waals surface area contributed by atoms with Gasteiger partial charge in [0.25, 0.3) is 0 Å². The van der Waals surface area contributed by atoms with E-state index in [0.717, 1.165) is 0 Å². The van der Waals surface area contributed by atoms with Gasteiger partial charge in [0.1, 0.15) is 12.4 Å². The average molecular weight is 223 g/mol. The number of hydrogen-bond acceptors (Lipinski definition) is 3. The van der Waals surface area contributed by atoms with E-state index < -0.39 is 0 Å². The smallest absolute Gasteiger partial charge is 0.159 e. The molecule has 1 aromatic rings. The first-order valence-corrected chi connectivity index (χ1v) is 4.89. The van der Waals surface area contributed by atoms with Crippen molar-refractivity contribution in [2.75, 3.05) is 13.2 Å². The molecule has 86 valence electrons. The highest BCUT2D eigenvalue weighted by Gasteiger charge is 2.00. The van der Waals surface area contributed by atoms with Crippen molar-refractivity contribution in [1.29, 1.82) is 0 Å². The molecule has 1 rings (SSSR count). The number of nitrogens with two attached hydrogens (primary N) is 1. The Morgan fingerprint density at radius 1 is 1.44 bits per heavy atom. The first-order chi connectivity index (χ1) is 7.67. The van der Waals surface area contributed by atoms with Gasteiger partial charge in [0.2, 0.25) is 0 Å². The molecule has 3 nitrogen and oxygen atoms in total. The molecule has 1 aromatic carbocycles. The highest BCUT2D eigenvalue weighted by atomic mass is 19.1. The van der Waals surface area contributed by atoms with Crippen molar-refractivity contribution in [3.63, 3.8) is 0 Å². The van der Waals surface area contributed by atoms with Crippen LogP contribution in [0.5, 0.6) is 5.75 Å². The minimum atomic E-state index is -0.00199. The Bertz CT molecular complexity index is 385. The molecule has 16 heavy (non-hydrogen) atoms. The van der Waals surface area contributed by atoms with Crippen molar-refractivity contribution in [1.82, 2.24) is 0 Å². The van der Waals surface area contributed by atoms with Crippen molar-refractivity contribution in [2.45, 2.75) is 6.92 Å². The van der Waals surface area contributed by atoms with Gasteiger partial charge in [0.15, 0.2) is 5.78 Å². The normalized spacial score (nSPS) is 11.3. The van der Waals surface area contributed by atoms with E-state index in [1.807, 2.05) is 0 Å². The summed E-state index contributed by atoms with van der Waals surface area (Å²) < 4.78 is 17.4. The molecule has 0 atom stereocenters. The predicted octanol–water partition coefficient (Wildman–Crippen LogP) is 2.08. The lowest BCUT2D eigenvalue weighted by Crippen LogP contribution is -2.10. The van der Waals surface area contributed by atoms with E-state index in [1.165, 1.54) is 6.92 Å². The molecule has 2 N–H and O–H groups in total. The van der Waals surface area contributed by atoms with Gasteiger partial charge in [0.05, 0.1) is 6.33 Å². The Hall–Kier alpha value is -1.68. The lowest BCUT2D eigenvalue weighted by atomic mass is 10.1. The second kappa shape index (κ2) is 6.02. The van der Waals surface area contributed by atoms with E-state index in [0.29, 0.717) is 23.2 Å². The molecule has 0 aliphatic rings. The summed E-state index contributed by atoms with van der Waals surface area (Å²) in [6.45, 7) is 1.74. The van der Waals surface area contributed by atoms with Crippen molar-refractivity contribution < 1.29 is 13.9 Å². The number of Topliss-reactive ketones (excluding diaryl/α,β-unsaturated/α-hetero) is 1. The molecule has 0 aliphatic heterocycles. The van der Waals surface area contributed by atoms with Gasteiger partial charge in [-0.25, -0.2) is 4.39 Å². The second-order valence-corrected chi connectivity index (χ2v) is 3.34. The highest BCUT2D eigenvalue weighted by Crippen LogP contribution is 2.13. The van der Waals surface area contributed by atoms with Gasteiger partial charge >= 0.3 is 0 Å². The molecule has 0 unspecified atom stereocenters. The molecule has 0 bridgehead atoms. The van der Waals surface area contributed by atoms with Gasteiger partial charge in [0, 0.05) is 17.7 Å². The van der Waals surface area contributed by atoms with E-state index >= 15 is 0 Å². The predicted molar refractivity (Wildman–Crippen MR) is 60.2 cm³/mol. The fourth-order valence-electron chi connectivity index (χ4n) is 1.10. The van der Waals surface area contributed by atoms with E-state index in [-0.39, 0.29) is 18.9 Å². The summed E-state index contributed by atoms with van der Waals surface area (Å²) in [5.41, 5.74) is 6.28. The summed E-state index contributed by atoms with van der Waals surface area (Å²) in [6, 6.07) is 6.67. The van der Waals surface area contributed by atoms with Crippen molar-refractivity contribution in [3.8, 4) is 5.75 Å². The number of rotatable bonds is 5. The van der Waals surface area contributed by atoms with Crippen LogP contribution >= 0.6 is 0 Å². The Kier molecular flexibility index (Phi) is 4.66. The van der Waals surface area contributed by atoms with Crippen LogP contribution in [-0.4, -0.2) is 18.9 Å². The Balaban J connectivity index is 2.59. The third-order valence-corrected chi connectivity index (χ3v) is 2.10. The minimum absolute atomic E-state index is 0.00199. The maximum Gasteiger partial charge on any atom is 0.159 e. The molecule has 0 aromatic heterocycles. The summed E-state index contributed by atoms with van der Waals surface area (Å²) in [6.07, 6.45) is 0.448. The lowest BCUT2D eigenvalue weighted by Gasteiger charge is -2.07. The largest absolute Gasteiger partial charge is 0.489 e. The zero-order valence-electron chi connectivity index (χ0n) is 9.07. The van der Waals surface area contributed by atoms with Gasteiger partial charge in [-0.05, 0) is 31.2 Å². The third kappa shape index (κ3) is 3.47. The molecule has 0 saturated heterocycles. The summed E-state index contributed by atoms with van der Waals surface area (Å²) >= 11 is 0. The second-order valence-electron chi connectivity index (χ2n) is 3.34. The first kappa shape index (κ1) is 12.4. The topological polar surface area (TPSA) is 52.3 Å². The number of ketones is 1. The maximum atomic E-state index is 12.2. The summed E-state index contributed by atoms with van der Waals surface area (Å²) in [7, 11) is 0. The molecule has 4 heteroatoms. The Labute approximate surface area is 93.7 Å². The van der Waals surface area contributed by atoms with E-state index in [1.54, 1.807) is 24.3 Å². The van der Waals surface area contributed by atoms with Crippen LogP contribution in [-0.2, 0) is 0 Å². The van der Waals surface area contributed by atoms with Crippen LogP contribution < -0.4 is 10.5 Å². The molecule has 0 saturated carbocycles. The molecule has 0 amide bonds. The molecule has 0 spiro atoms. The van der Waals surface area contributed by atoms with Crippen molar-refractivity contribution in [3.05, 3.63) is 41.7 Å². The monoisotopic (exact) mass is 223 g/mol. The van der Waals surface area contributed by atoms with Crippen molar-refractivity contribution >= 4 is 5.78 Å². The van der Waals surface area contributed by atoms with E-state index in [2.05, 4.69) is 0 Å². The fourth-order valence-corrected chi connectivity index (χ4v) is 1.10. The summed E-state index contributed by atoms with van der Waals surface area (Å²) in [5.74, 6) is 0.579. The number of halogens is 1. The van der Waals surface area contributed by atoms with Gasteiger partial charge in [-0.15, -0.1) is 0 Å². The van der Waals surface area contributed by atoms with Crippen LogP contribution in [0.3, 0.4) is 0 Å². The Morgan fingerprint density at radius 2 is 2.06 bits per heavy atom. The summed E-state index contributed by atoms with van der Waals surface area (Å²) in [4.78, 5) is 11.0. The minimum Gasteiger partial charge on any atom is -0.489 e. The average Bonchev–Trinajstić information content (AvgIpc) is 2.31. The maximum absolute atomic E-state index is 12.2. The molecular formula is C12H14FNO2. The van der Waals surface area contributed by atoms with Gasteiger partial charge < -0.3 is 10.5 Å². The highest BCUT2D eigenvalue weighted by molar-refractivity contribution is 5.94.